The number of halogens is 1. The summed E-state index contributed by atoms with van der Waals surface area (Å²) in [5, 5.41) is 14.7. The summed E-state index contributed by atoms with van der Waals surface area (Å²) in [7, 11) is 0. The predicted molar refractivity (Wildman–Crippen MR) is 91.4 cm³/mol. The Labute approximate surface area is 134 Å². The number of hydrogen-bond donors (Lipinski definition) is 2. The normalized spacial score (nSPS) is 12.3. The number of fused-ring (bicyclic) bond motifs is 1. The molecule has 2 aromatic carbocycles. The molecule has 3 aromatic rings. The molecule has 22 heavy (non-hydrogen) atoms. The van der Waals surface area contributed by atoms with Gasteiger partial charge in [-0.1, -0.05) is 41.9 Å². The van der Waals surface area contributed by atoms with E-state index in [2.05, 4.69) is 22.4 Å². The number of hydrogen-bond acceptors (Lipinski definition) is 3. The van der Waals surface area contributed by atoms with Crippen LogP contribution in [0.2, 0.25) is 5.02 Å². The van der Waals surface area contributed by atoms with Crippen LogP contribution >= 0.6 is 11.6 Å². The van der Waals surface area contributed by atoms with Crippen molar-refractivity contribution in [2.24, 2.45) is 0 Å². The minimum Gasteiger partial charge on any atom is -0.394 e. The molecule has 1 aromatic heterocycles. The quantitative estimate of drug-likeness (QED) is 0.751. The topological polar surface area (TPSA) is 45.1 Å². The molecule has 2 N–H and O–H groups in total. The molecular formula is C18H17ClN2O. The van der Waals surface area contributed by atoms with Gasteiger partial charge >= 0.3 is 0 Å². The van der Waals surface area contributed by atoms with Crippen LogP contribution in [-0.4, -0.2) is 22.7 Å². The van der Waals surface area contributed by atoms with Crippen molar-refractivity contribution in [2.45, 2.75) is 12.5 Å². The summed E-state index contributed by atoms with van der Waals surface area (Å²) >= 11 is 6.01. The number of rotatable bonds is 5. The van der Waals surface area contributed by atoms with Crippen LogP contribution in [0.25, 0.3) is 10.9 Å². The highest BCUT2D eigenvalue weighted by Gasteiger charge is 2.10. The molecule has 0 saturated carbocycles. The third-order valence-corrected chi connectivity index (χ3v) is 3.84. The van der Waals surface area contributed by atoms with Crippen molar-refractivity contribution < 1.29 is 5.11 Å². The van der Waals surface area contributed by atoms with Gasteiger partial charge < -0.3 is 10.4 Å². The van der Waals surface area contributed by atoms with E-state index in [-0.39, 0.29) is 12.6 Å². The first-order chi connectivity index (χ1) is 10.8. The predicted octanol–water partition coefficient (Wildman–Crippen LogP) is 3.90. The zero-order valence-electron chi connectivity index (χ0n) is 12.0. The van der Waals surface area contributed by atoms with Crippen molar-refractivity contribution in [2.75, 3.05) is 11.9 Å². The van der Waals surface area contributed by atoms with E-state index in [4.69, 9.17) is 11.6 Å². The maximum Gasteiger partial charge on any atom is 0.0737 e. The summed E-state index contributed by atoms with van der Waals surface area (Å²) in [6.45, 7) is 0.0618. The number of anilines is 1. The fourth-order valence-corrected chi connectivity index (χ4v) is 2.69. The van der Waals surface area contributed by atoms with Crippen molar-refractivity contribution in [1.29, 1.82) is 0 Å². The highest BCUT2D eigenvalue weighted by atomic mass is 35.5. The summed E-state index contributed by atoms with van der Waals surface area (Å²) in [5.74, 6) is 0. The Bertz CT molecular complexity index is 761. The maximum absolute atomic E-state index is 9.67. The molecular weight excluding hydrogens is 296 g/mol. The van der Waals surface area contributed by atoms with E-state index in [0.29, 0.717) is 5.02 Å². The van der Waals surface area contributed by atoms with Crippen LogP contribution in [-0.2, 0) is 6.42 Å². The molecule has 0 aliphatic rings. The molecule has 4 heteroatoms. The molecule has 1 heterocycles. The largest absolute Gasteiger partial charge is 0.394 e. The molecule has 0 saturated heterocycles. The van der Waals surface area contributed by atoms with Crippen molar-refractivity contribution in [1.82, 2.24) is 4.98 Å². The van der Waals surface area contributed by atoms with E-state index in [1.54, 1.807) is 6.20 Å². The standard InChI is InChI=1S/C18H17ClN2O/c19-14-6-7-16-17(8-9-20-18(16)11-14)21-15(12-22)10-13-4-2-1-3-5-13/h1-9,11,15,22H,10,12H2,(H,20,21). The van der Waals surface area contributed by atoms with Gasteiger partial charge in [0, 0.05) is 22.3 Å². The van der Waals surface area contributed by atoms with Crippen LogP contribution in [0.15, 0.2) is 60.8 Å². The number of aromatic nitrogens is 1. The van der Waals surface area contributed by atoms with Crippen LogP contribution in [0.4, 0.5) is 5.69 Å². The second-order valence-corrected chi connectivity index (χ2v) is 5.67. The van der Waals surface area contributed by atoms with Gasteiger partial charge in [-0.15, -0.1) is 0 Å². The Morgan fingerprint density at radius 3 is 2.68 bits per heavy atom. The van der Waals surface area contributed by atoms with Gasteiger partial charge in [0.15, 0.2) is 0 Å². The molecule has 3 nitrogen and oxygen atoms in total. The van der Waals surface area contributed by atoms with E-state index in [1.165, 1.54) is 5.56 Å². The van der Waals surface area contributed by atoms with Gasteiger partial charge in [0.2, 0.25) is 0 Å². The lowest BCUT2D eigenvalue weighted by Gasteiger charge is -2.19. The Hall–Kier alpha value is -2.10. The monoisotopic (exact) mass is 312 g/mol. The highest BCUT2D eigenvalue weighted by molar-refractivity contribution is 6.31. The lowest BCUT2D eigenvalue weighted by Crippen LogP contribution is -2.26. The van der Waals surface area contributed by atoms with Gasteiger partial charge in [0.25, 0.3) is 0 Å². The van der Waals surface area contributed by atoms with Crippen molar-refractivity contribution in [3.05, 3.63) is 71.4 Å². The number of aliphatic hydroxyl groups is 1. The number of pyridine rings is 1. The van der Waals surface area contributed by atoms with E-state index in [1.807, 2.05) is 42.5 Å². The summed E-state index contributed by atoms with van der Waals surface area (Å²) < 4.78 is 0. The average Bonchev–Trinajstić information content (AvgIpc) is 2.55. The summed E-state index contributed by atoms with van der Waals surface area (Å²) in [5.41, 5.74) is 2.99. The first-order valence-corrected chi connectivity index (χ1v) is 7.59. The van der Waals surface area contributed by atoms with Crippen molar-refractivity contribution in [3.8, 4) is 0 Å². The molecule has 3 rings (SSSR count). The van der Waals surface area contributed by atoms with Gasteiger partial charge in [0.1, 0.15) is 0 Å². The van der Waals surface area contributed by atoms with E-state index < -0.39 is 0 Å². The summed E-state index contributed by atoms with van der Waals surface area (Å²) in [6.07, 6.45) is 2.51. The summed E-state index contributed by atoms with van der Waals surface area (Å²) in [6, 6.07) is 17.6. The Kier molecular flexibility index (Phi) is 4.56. The Morgan fingerprint density at radius 2 is 1.91 bits per heavy atom. The molecule has 0 spiro atoms. The molecule has 0 fully saturated rings. The summed E-state index contributed by atoms with van der Waals surface area (Å²) in [4.78, 5) is 4.33. The van der Waals surface area contributed by atoms with E-state index in [0.717, 1.165) is 23.0 Å². The molecule has 0 amide bonds. The fraction of sp³-hybridized carbons (Fsp3) is 0.167. The van der Waals surface area contributed by atoms with Crippen LogP contribution in [0, 0.1) is 0 Å². The Morgan fingerprint density at radius 1 is 1.09 bits per heavy atom. The highest BCUT2D eigenvalue weighted by Crippen LogP contribution is 2.25. The number of benzene rings is 2. The Balaban J connectivity index is 1.84. The fourth-order valence-electron chi connectivity index (χ4n) is 2.53. The molecule has 0 radical (unpaired) electrons. The first kappa shape index (κ1) is 14.8. The van der Waals surface area contributed by atoms with E-state index >= 15 is 0 Å². The smallest absolute Gasteiger partial charge is 0.0737 e. The van der Waals surface area contributed by atoms with Crippen LogP contribution in [0.3, 0.4) is 0 Å². The minimum absolute atomic E-state index is 0.0521. The number of aliphatic hydroxyl groups excluding tert-OH is 1. The van der Waals surface area contributed by atoms with Gasteiger partial charge in [-0.25, -0.2) is 0 Å². The number of nitrogens with one attached hydrogen (secondary N) is 1. The van der Waals surface area contributed by atoms with Crippen molar-refractivity contribution in [3.63, 3.8) is 0 Å². The van der Waals surface area contributed by atoms with Crippen molar-refractivity contribution >= 4 is 28.2 Å². The second kappa shape index (κ2) is 6.77. The zero-order valence-corrected chi connectivity index (χ0v) is 12.8. The lowest BCUT2D eigenvalue weighted by molar-refractivity contribution is 0.274. The molecule has 0 bridgehead atoms. The third-order valence-electron chi connectivity index (χ3n) is 3.61. The van der Waals surface area contributed by atoms with Crippen LogP contribution in [0.1, 0.15) is 5.56 Å². The first-order valence-electron chi connectivity index (χ1n) is 7.22. The maximum atomic E-state index is 9.67. The van der Waals surface area contributed by atoms with Gasteiger partial charge in [-0.05, 0) is 36.2 Å². The van der Waals surface area contributed by atoms with Gasteiger partial charge in [0.05, 0.1) is 18.2 Å². The van der Waals surface area contributed by atoms with Crippen LogP contribution < -0.4 is 5.32 Å². The molecule has 112 valence electrons. The molecule has 0 aliphatic carbocycles. The molecule has 0 aliphatic heterocycles. The van der Waals surface area contributed by atoms with Gasteiger partial charge in [-0.2, -0.15) is 0 Å². The van der Waals surface area contributed by atoms with Crippen LogP contribution in [0.5, 0.6) is 0 Å². The zero-order chi connectivity index (χ0) is 15.4. The molecule has 1 atom stereocenters. The van der Waals surface area contributed by atoms with Gasteiger partial charge in [-0.3, -0.25) is 4.98 Å². The minimum atomic E-state index is -0.0521. The number of nitrogens with zero attached hydrogens (tertiary/aromatic N) is 1. The second-order valence-electron chi connectivity index (χ2n) is 5.23. The SMILES string of the molecule is OCC(Cc1ccccc1)Nc1ccnc2cc(Cl)ccc12. The lowest BCUT2D eigenvalue weighted by atomic mass is 10.1. The van der Waals surface area contributed by atoms with E-state index in [9.17, 15) is 5.11 Å². The molecule has 1 unspecified atom stereocenters. The average molecular weight is 313 g/mol. The third kappa shape index (κ3) is 3.38.